The molecule has 5 heteroatoms. The Labute approximate surface area is 103 Å². The Morgan fingerprint density at radius 1 is 1.59 bits per heavy atom. The number of aliphatic hydroxyl groups is 1. The molecule has 1 aromatic rings. The van der Waals surface area contributed by atoms with E-state index in [1.807, 2.05) is 24.9 Å². The Hall–Kier alpha value is -0.910. The summed E-state index contributed by atoms with van der Waals surface area (Å²) in [7, 11) is 1.93. The van der Waals surface area contributed by atoms with E-state index in [1.165, 1.54) is 0 Å². The largest absolute Gasteiger partial charge is 0.396 e. The third-order valence-electron chi connectivity index (χ3n) is 3.29. The fourth-order valence-electron chi connectivity index (χ4n) is 1.99. The quantitative estimate of drug-likeness (QED) is 0.648. The van der Waals surface area contributed by atoms with Crippen molar-refractivity contribution in [3.05, 3.63) is 17.5 Å². The predicted octanol–water partition coefficient (Wildman–Crippen LogP) is 0.479. The van der Waals surface area contributed by atoms with Crippen LogP contribution in [0.25, 0.3) is 0 Å². The molecule has 2 unspecified atom stereocenters. The molecule has 0 fully saturated rings. The van der Waals surface area contributed by atoms with Gasteiger partial charge in [0.2, 0.25) is 0 Å². The standard InChI is InChI=1S/C12H24N4O/c1-4-10(5-6-17)15-12(7-13)11-8-14-16(3)9(11)2/h8,10,12,15,17H,4-7,13H2,1-3H3. The second-order valence-corrected chi connectivity index (χ2v) is 4.38. The van der Waals surface area contributed by atoms with Crippen LogP contribution in [0, 0.1) is 6.92 Å². The van der Waals surface area contributed by atoms with Crippen molar-refractivity contribution in [1.82, 2.24) is 15.1 Å². The van der Waals surface area contributed by atoms with Crippen LogP contribution in [0.4, 0.5) is 0 Å². The summed E-state index contributed by atoms with van der Waals surface area (Å²) in [6, 6.07) is 0.411. The van der Waals surface area contributed by atoms with Gasteiger partial charge in [-0.05, 0) is 19.8 Å². The molecule has 1 rings (SSSR count). The van der Waals surface area contributed by atoms with Crippen molar-refractivity contribution in [2.45, 2.75) is 38.8 Å². The van der Waals surface area contributed by atoms with Crippen LogP contribution in [0.3, 0.4) is 0 Å². The molecule has 1 aromatic heterocycles. The van der Waals surface area contributed by atoms with Crippen LogP contribution in [0.15, 0.2) is 6.20 Å². The highest BCUT2D eigenvalue weighted by atomic mass is 16.3. The van der Waals surface area contributed by atoms with Crippen LogP contribution in [0.2, 0.25) is 0 Å². The summed E-state index contributed by atoms with van der Waals surface area (Å²) >= 11 is 0. The molecule has 0 bridgehead atoms. The zero-order valence-electron chi connectivity index (χ0n) is 11.0. The maximum Gasteiger partial charge on any atom is 0.0540 e. The fraction of sp³-hybridized carbons (Fsp3) is 0.750. The zero-order valence-corrected chi connectivity index (χ0v) is 11.0. The minimum atomic E-state index is 0.111. The van der Waals surface area contributed by atoms with E-state index in [4.69, 9.17) is 10.8 Å². The summed E-state index contributed by atoms with van der Waals surface area (Å²) in [4.78, 5) is 0. The lowest BCUT2D eigenvalue weighted by atomic mass is 10.0. The van der Waals surface area contributed by atoms with Crippen molar-refractivity contribution >= 4 is 0 Å². The predicted molar refractivity (Wildman–Crippen MR) is 68.7 cm³/mol. The number of aromatic nitrogens is 2. The third-order valence-corrected chi connectivity index (χ3v) is 3.29. The Balaban J connectivity index is 2.74. The summed E-state index contributed by atoms with van der Waals surface area (Å²) in [6.45, 7) is 4.89. The summed E-state index contributed by atoms with van der Waals surface area (Å²) in [5.74, 6) is 0. The van der Waals surface area contributed by atoms with Crippen LogP contribution in [0.5, 0.6) is 0 Å². The second-order valence-electron chi connectivity index (χ2n) is 4.38. The molecule has 17 heavy (non-hydrogen) atoms. The molecule has 0 amide bonds. The van der Waals surface area contributed by atoms with Crippen LogP contribution in [-0.4, -0.2) is 34.1 Å². The first kappa shape index (κ1) is 14.2. The smallest absolute Gasteiger partial charge is 0.0540 e. The number of hydrogen-bond acceptors (Lipinski definition) is 4. The van der Waals surface area contributed by atoms with E-state index in [2.05, 4.69) is 17.3 Å². The molecule has 4 N–H and O–H groups in total. The molecule has 5 nitrogen and oxygen atoms in total. The summed E-state index contributed by atoms with van der Waals surface area (Å²) in [5, 5.41) is 16.7. The van der Waals surface area contributed by atoms with Crippen LogP contribution in [-0.2, 0) is 7.05 Å². The van der Waals surface area contributed by atoms with Gasteiger partial charge in [-0.15, -0.1) is 0 Å². The maximum absolute atomic E-state index is 8.99. The number of hydrogen-bond donors (Lipinski definition) is 3. The van der Waals surface area contributed by atoms with Crippen LogP contribution >= 0.6 is 0 Å². The average molecular weight is 240 g/mol. The first-order valence-corrected chi connectivity index (χ1v) is 6.19. The highest BCUT2D eigenvalue weighted by molar-refractivity contribution is 5.21. The molecule has 2 atom stereocenters. The Kier molecular flexibility index (Phi) is 5.61. The van der Waals surface area contributed by atoms with Gasteiger partial charge in [0.15, 0.2) is 0 Å². The fourth-order valence-corrected chi connectivity index (χ4v) is 1.99. The number of nitrogens with one attached hydrogen (secondary N) is 1. The van der Waals surface area contributed by atoms with Gasteiger partial charge in [0.1, 0.15) is 0 Å². The Morgan fingerprint density at radius 3 is 2.71 bits per heavy atom. The van der Waals surface area contributed by atoms with Crippen LogP contribution < -0.4 is 11.1 Å². The number of aryl methyl sites for hydroxylation is 1. The summed E-state index contributed by atoms with van der Waals surface area (Å²) in [6.07, 6.45) is 3.61. The van der Waals surface area contributed by atoms with E-state index >= 15 is 0 Å². The molecule has 0 saturated carbocycles. The molecule has 98 valence electrons. The van der Waals surface area contributed by atoms with Crippen molar-refractivity contribution in [3.63, 3.8) is 0 Å². The lowest BCUT2D eigenvalue weighted by molar-refractivity contribution is 0.255. The molecule has 0 aliphatic carbocycles. The highest BCUT2D eigenvalue weighted by Gasteiger charge is 2.18. The van der Waals surface area contributed by atoms with Gasteiger partial charge in [0.05, 0.1) is 6.20 Å². The van der Waals surface area contributed by atoms with Gasteiger partial charge in [-0.25, -0.2) is 0 Å². The summed E-state index contributed by atoms with van der Waals surface area (Å²) < 4.78 is 1.85. The molecule has 0 saturated heterocycles. The minimum absolute atomic E-state index is 0.111. The molecule has 1 heterocycles. The number of nitrogens with two attached hydrogens (primary N) is 1. The monoisotopic (exact) mass is 240 g/mol. The third kappa shape index (κ3) is 3.52. The van der Waals surface area contributed by atoms with E-state index < -0.39 is 0 Å². The van der Waals surface area contributed by atoms with Gasteiger partial charge in [-0.1, -0.05) is 6.92 Å². The number of nitrogens with zero attached hydrogens (tertiary/aromatic N) is 2. The topological polar surface area (TPSA) is 76.1 Å². The highest BCUT2D eigenvalue weighted by Crippen LogP contribution is 2.17. The SMILES string of the molecule is CCC(CCO)NC(CN)c1cnn(C)c1C. The van der Waals surface area contributed by atoms with Crippen molar-refractivity contribution in [2.75, 3.05) is 13.2 Å². The Morgan fingerprint density at radius 2 is 2.29 bits per heavy atom. The summed E-state index contributed by atoms with van der Waals surface area (Å²) in [5.41, 5.74) is 8.10. The molecule has 0 aromatic carbocycles. The van der Waals surface area contributed by atoms with E-state index in [1.54, 1.807) is 0 Å². The molecule has 0 radical (unpaired) electrons. The van der Waals surface area contributed by atoms with Crippen molar-refractivity contribution in [2.24, 2.45) is 12.8 Å². The Bertz CT molecular complexity index is 337. The molecule has 0 aliphatic rings. The first-order chi connectivity index (χ1) is 8.13. The second kappa shape index (κ2) is 6.74. The van der Waals surface area contributed by atoms with Crippen molar-refractivity contribution in [3.8, 4) is 0 Å². The average Bonchev–Trinajstić information content (AvgIpc) is 2.66. The van der Waals surface area contributed by atoms with Gasteiger partial charge < -0.3 is 16.2 Å². The number of aliphatic hydroxyl groups excluding tert-OH is 1. The normalized spacial score (nSPS) is 14.9. The molecule has 0 spiro atoms. The van der Waals surface area contributed by atoms with E-state index in [0.29, 0.717) is 12.6 Å². The van der Waals surface area contributed by atoms with Crippen molar-refractivity contribution < 1.29 is 5.11 Å². The van der Waals surface area contributed by atoms with Gasteiger partial charge in [-0.2, -0.15) is 5.10 Å². The lowest BCUT2D eigenvalue weighted by Crippen LogP contribution is -2.37. The first-order valence-electron chi connectivity index (χ1n) is 6.19. The van der Waals surface area contributed by atoms with Gasteiger partial charge in [0, 0.05) is 43.5 Å². The molecular formula is C12H24N4O. The maximum atomic E-state index is 8.99. The zero-order chi connectivity index (χ0) is 12.8. The molecule has 0 aliphatic heterocycles. The lowest BCUT2D eigenvalue weighted by Gasteiger charge is -2.23. The minimum Gasteiger partial charge on any atom is -0.396 e. The van der Waals surface area contributed by atoms with Gasteiger partial charge in [0.25, 0.3) is 0 Å². The molecular weight excluding hydrogens is 216 g/mol. The van der Waals surface area contributed by atoms with Crippen molar-refractivity contribution in [1.29, 1.82) is 0 Å². The van der Waals surface area contributed by atoms with E-state index in [0.717, 1.165) is 24.1 Å². The van der Waals surface area contributed by atoms with Gasteiger partial charge >= 0.3 is 0 Å². The van der Waals surface area contributed by atoms with Crippen LogP contribution in [0.1, 0.15) is 37.1 Å². The van der Waals surface area contributed by atoms with Gasteiger partial charge in [-0.3, -0.25) is 4.68 Å². The number of rotatable bonds is 7. The van der Waals surface area contributed by atoms with E-state index in [9.17, 15) is 0 Å². The van der Waals surface area contributed by atoms with E-state index in [-0.39, 0.29) is 12.6 Å².